The molecule has 0 fully saturated rings. The average molecular weight is 444 g/mol. The molecule has 2 N–H and O–H groups in total. The van der Waals surface area contributed by atoms with Gasteiger partial charge in [-0.25, -0.2) is 4.39 Å². The average Bonchev–Trinajstić information content (AvgIpc) is 3.08. The third kappa shape index (κ3) is 2.99. The molecule has 0 saturated heterocycles. The highest BCUT2D eigenvalue weighted by Crippen LogP contribution is 2.48. The van der Waals surface area contributed by atoms with Crippen LogP contribution in [-0.4, -0.2) is 5.78 Å². The third-order valence-electron chi connectivity index (χ3n) is 4.88. The summed E-state index contributed by atoms with van der Waals surface area (Å²) in [6.07, 6.45) is 1.87. The zero-order chi connectivity index (χ0) is 19.1. The Balaban J connectivity index is 1.96. The van der Waals surface area contributed by atoms with Gasteiger partial charge in [0, 0.05) is 28.3 Å². The van der Waals surface area contributed by atoms with Crippen LogP contribution in [0.15, 0.2) is 62.8 Å². The van der Waals surface area contributed by atoms with Crippen molar-refractivity contribution in [3.63, 3.8) is 0 Å². The summed E-state index contributed by atoms with van der Waals surface area (Å²) in [6, 6.07) is 12.0. The lowest BCUT2D eigenvalue weighted by Crippen LogP contribution is -2.38. The van der Waals surface area contributed by atoms with Gasteiger partial charge < -0.3 is 5.73 Å². The van der Waals surface area contributed by atoms with Crippen molar-refractivity contribution in [3.8, 4) is 6.07 Å². The van der Waals surface area contributed by atoms with E-state index in [0.29, 0.717) is 35.5 Å². The first-order valence-electron chi connectivity index (χ1n) is 8.48. The highest BCUT2D eigenvalue weighted by Gasteiger charge is 2.40. The number of ketones is 1. The maximum Gasteiger partial charge on any atom is 0.161 e. The molecule has 7 heteroatoms. The summed E-state index contributed by atoms with van der Waals surface area (Å²) in [4.78, 5) is 15.5. The molecule has 1 aliphatic carbocycles. The molecular weight excluding hydrogens is 429 g/mol. The molecule has 2 aliphatic rings. The lowest BCUT2D eigenvalue weighted by Gasteiger charge is -2.39. The number of anilines is 1. The van der Waals surface area contributed by atoms with Gasteiger partial charge in [0.05, 0.1) is 21.3 Å². The van der Waals surface area contributed by atoms with Crippen molar-refractivity contribution in [1.82, 2.24) is 0 Å². The van der Waals surface area contributed by atoms with Crippen molar-refractivity contribution in [2.45, 2.75) is 25.2 Å². The largest absolute Gasteiger partial charge is 0.384 e. The summed E-state index contributed by atoms with van der Waals surface area (Å²) in [6.45, 7) is 0. The SMILES string of the molecule is N#CC1=C(N)N(c2ccc(F)cc2)C2=C(C(=O)CCC2)C1c1ccc(Br)s1. The van der Waals surface area contributed by atoms with E-state index >= 15 is 0 Å². The van der Waals surface area contributed by atoms with Crippen LogP contribution in [0.3, 0.4) is 0 Å². The summed E-state index contributed by atoms with van der Waals surface area (Å²) < 4.78 is 14.3. The number of allylic oxidation sites excluding steroid dienone is 3. The number of carbonyl (C=O) groups is 1. The number of hydrogen-bond acceptors (Lipinski definition) is 5. The first-order chi connectivity index (χ1) is 13.0. The fourth-order valence-corrected chi connectivity index (χ4v) is 5.28. The van der Waals surface area contributed by atoms with E-state index < -0.39 is 5.92 Å². The first-order valence-corrected chi connectivity index (χ1v) is 10.1. The van der Waals surface area contributed by atoms with Gasteiger partial charge >= 0.3 is 0 Å². The van der Waals surface area contributed by atoms with Crippen LogP contribution in [0.4, 0.5) is 10.1 Å². The molecule has 0 radical (unpaired) electrons. The number of carbonyl (C=O) groups excluding carboxylic acids is 1. The van der Waals surface area contributed by atoms with Gasteiger partial charge in [-0.05, 0) is 65.2 Å². The van der Waals surface area contributed by atoms with E-state index in [0.717, 1.165) is 20.8 Å². The van der Waals surface area contributed by atoms with Gasteiger partial charge in [-0.2, -0.15) is 5.26 Å². The fraction of sp³-hybridized carbons (Fsp3) is 0.200. The number of nitrogens with two attached hydrogens (primary N) is 1. The minimum atomic E-state index is -0.453. The van der Waals surface area contributed by atoms with E-state index in [1.807, 2.05) is 12.1 Å². The van der Waals surface area contributed by atoms with Crippen LogP contribution >= 0.6 is 27.3 Å². The van der Waals surface area contributed by atoms with Crippen LogP contribution in [0.1, 0.15) is 30.1 Å². The van der Waals surface area contributed by atoms with Crippen molar-refractivity contribution in [1.29, 1.82) is 5.26 Å². The Bertz CT molecular complexity index is 1030. The van der Waals surface area contributed by atoms with Gasteiger partial charge in [-0.15, -0.1) is 11.3 Å². The van der Waals surface area contributed by atoms with E-state index in [-0.39, 0.29) is 11.6 Å². The second kappa shape index (κ2) is 6.95. The molecule has 0 saturated carbocycles. The molecule has 1 aromatic carbocycles. The molecule has 136 valence electrons. The van der Waals surface area contributed by atoms with Gasteiger partial charge in [-0.1, -0.05) is 0 Å². The smallest absolute Gasteiger partial charge is 0.161 e. The van der Waals surface area contributed by atoms with Gasteiger partial charge in [0.15, 0.2) is 5.78 Å². The number of Topliss-reactive ketones (excluding diaryl/α,β-unsaturated/α-hetero) is 1. The van der Waals surface area contributed by atoms with E-state index in [1.165, 1.54) is 23.5 Å². The normalized spacial score (nSPS) is 20.0. The molecule has 2 heterocycles. The van der Waals surface area contributed by atoms with Crippen LogP contribution in [0.5, 0.6) is 0 Å². The summed E-state index contributed by atoms with van der Waals surface area (Å²) in [5.41, 5.74) is 8.86. The van der Waals surface area contributed by atoms with Crippen LogP contribution in [0.25, 0.3) is 0 Å². The van der Waals surface area contributed by atoms with Gasteiger partial charge in [0.25, 0.3) is 0 Å². The Labute approximate surface area is 168 Å². The Hall–Kier alpha value is -2.43. The highest BCUT2D eigenvalue weighted by molar-refractivity contribution is 9.11. The molecule has 2 aromatic rings. The van der Waals surface area contributed by atoms with Crippen LogP contribution in [0.2, 0.25) is 0 Å². The Morgan fingerprint density at radius 2 is 1.96 bits per heavy atom. The maximum atomic E-state index is 13.4. The molecule has 4 rings (SSSR count). The molecule has 0 bridgehead atoms. The monoisotopic (exact) mass is 443 g/mol. The van der Waals surface area contributed by atoms with Crippen LogP contribution < -0.4 is 10.6 Å². The molecule has 0 amide bonds. The van der Waals surface area contributed by atoms with E-state index in [2.05, 4.69) is 22.0 Å². The van der Waals surface area contributed by atoms with Crippen molar-refractivity contribution in [2.75, 3.05) is 4.90 Å². The van der Waals surface area contributed by atoms with Crippen molar-refractivity contribution < 1.29 is 9.18 Å². The van der Waals surface area contributed by atoms with Crippen molar-refractivity contribution in [3.05, 3.63) is 73.5 Å². The van der Waals surface area contributed by atoms with Crippen molar-refractivity contribution >= 4 is 38.7 Å². The number of nitriles is 1. The number of halogens is 2. The van der Waals surface area contributed by atoms with Crippen LogP contribution in [-0.2, 0) is 4.79 Å². The zero-order valence-electron chi connectivity index (χ0n) is 14.2. The first kappa shape index (κ1) is 18.0. The topological polar surface area (TPSA) is 70.1 Å². The summed E-state index contributed by atoms with van der Waals surface area (Å²) in [5.74, 6) is -0.468. The Morgan fingerprint density at radius 1 is 1.22 bits per heavy atom. The van der Waals surface area contributed by atoms with Crippen LogP contribution in [0, 0.1) is 17.1 Å². The summed E-state index contributed by atoms with van der Waals surface area (Å²) >= 11 is 4.95. The molecule has 1 unspecified atom stereocenters. The number of hydrogen-bond donors (Lipinski definition) is 1. The molecule has 1 atom stereocenters. The lowest BCUT2D eigenvalue weighted by molar-refractivity contribution is -0.116. The predicted molar refractivity (Wildman–Crippen MR) is 106 cm³/mol. The van der Waals surface area contributed by atoms with E-state index in [9.17, 15) is 14.4 Å². The van der Waals surface area contributed by atoms with Gasteiger partial charge in [-0.3, -0.25) is 9.69 Å². The second-order valence-electron chi connectivity index (χ2n) is 6.43. The summed E-state index contributed by atoms with van der Waals surface area (Å²) in [5, 5.41) is 9.87. The van der Waals surface area contributed by atoms with E-state index in [4.69, 9.17) is 5.73 Å². The minimum absolute atomic E-state index is 0.0399. The van der Waals surface area contributed by atoms with Crippen molar-refractivity contribution in [2.24, 2.45) is 5.73 Å². The zero-order valence-corrected chi connectivity index (χ0v) is 16.6. The second-order valence-corrected chi connectivity index (χ2v) is 8.93. The molecule has 1 aliphatic heterocycles. The van der Waals surface area contributed by atoms with Gasteiger partial charge in [0.2, 0.25) is 0 Å². The number of nitrogens with zero attached hydrogens (tertiary/aromatic N) is 2. The molecule has 1 aromatic heterocycles. The lowest BCUT2D eigenvalue weighted by atomic mass is 9.78. The molecular formula is C20H15BrFN3OS. The Kier molecular flexibility index (Phi) is 4.62. The number of rotatable bonds is 2. The maximum absolute atomic E-state index is 13.4. The Morgan fingerprint density at radius 3 is 2.59 bits per heavy atom. The quantitative estimate of drug-likeness (QED) is 0.712. The third-order valence-corrected chi connectivity index (χ3v) is 6.57. The standard InChI is InChI=1S/C20H15BrFN3OS/c21-17-9-8-16(27-17)18-13(10-23)20(24)25(12-6-4-11(22)5-7-12)14-2-1-3-15(26)19(14)18/h4-9,18H,1-3,24H2. The highest BCUT2D eigenvalue weighted by atomic mass is 79.9. The molecule has 4 nitrogen and oxygen atoms in total. The van der Waals surface area contributed by atoms with Gasteiger partial charge in [0.1, 0.15) is 11.6 Å². The number of benzene rings is 1. The molecule has 0 spiro atoms. The minimum Gasteiger partial charge on any atom is -0.384 e. The summed E-state index contributed by atoms with van der Waals surface area (Å²) in [7, 11) is 0. The fourth-order valence-electron chi connectivity index (χ4n) is 3.74. The number of thiophene rings is 1. The van der Waals surface area contributed by atoms with E-state index in [1.54, 1.807) is 17.0 Å². The molecule has 27 heavy (non-hydrogen) atoms. The predicted octanol–water partition coefficient (Wildman–Crippen LogP) is 4.95.